The van der Waals surface area contributed by atoms with Gasteiger partial charge in [-0.1, -0.05) is 45.7 Å². The van der Waals surface area contributed by atoms with Crippen molar-refractivity contribution in [3.63, 3.8) is 0 Å². The molecular formula is C31H32BrClN4O4. The molecule has 1 aliphatic heterocycles. The number of carbonyl (C=O) groups is 1. The molecular weight excluding hydrogens is 608 g/mol. The summed E-state index contributed by atoms with van der Waals surface area (Å²) in [5, 5.41) is 5.45. The van der Waals surface area contributed by atoms with Crippen LogP contribution < -0.4 is 9.64 Å². The summed E-state index contributed by atoms with van der Waals surface area (Å²) in [6, 6.07) is 13.6. The monoisotopic (exact) mass is 638 g/mol. The first-order valence-corrected chi connectivity index (χ1v) is 14.4. The fourth-order valence-electron chi connectivity index (χ4n) is 5.04. The van der Waals surface area contributed by atoms with Gasteiger partial charge in [-0.05, 0) is 52.0 Å². The molecule has 0 aliphatic carbocycles. The molecule has 2 aromatic carbocycles. The Labute approximate surface area is 253 Å². The predicted molar refractivity (Wildman–Crippen MR) is 165 cm³/mol. The summed E-state index contributed by atoms with van der Waals surface area (Å²) in [6.07, 6.45) is 0.749. The van der Waals surface area contributed by atoms with Crippen molar-refractivity contribution in [3.8, 4) is 28.3 Å². The number of benzene rings is 2. The molecule has 0 spiro atoms. The van der Waals surface area contributed by atoms with Gasteiger partial charge in [-0.15, -0.1) is 6.58 Å². The number of esters is 1. The first-order chi connectivity index (χ1) is 19.5. The molecule has 1 atom stereocenters. The van der Waals surface area contributed by atoms with Gasteiger partial charge in [0, 0.05) is 39.5 Å². The van der Waals surface area contributed by atoms with Crippen molar-refractivity contribution in [2.45, 2.75) is 39.4 Å². The molecule has 0 saturated heterocycles. The standard InChI is InChI=1S/C31H32BrClN4O4/c1-7-13-36-14-15-40-23-12-11-21(26(33)28(23)36)27-25(29(30(38)39-6)41-31(3,4)5)18(2)34-24-17-22(35-37(24)27)19-9-8-10-20(32)16-19/h7-12,16-17,29H,1,13-15H2,2-6H3. The smallest absolute Gasteiger partial charge is 0.339 e. The number of ether oxygens (including phenoxy) is 3. The van der Waals surface area contributed by atoms with Crippen LogP contribution in [0.5, 0.6) is 5.75 Å². The summed E-state index contributed by atoms with van der Waals surface area (Å²) >= 11 is 10.8. The number of hydrogen-bond acceptors (Lipinski definition) is 7. The maximum absolute atomic E-state index is 13.3. The highest BCUT2D eigenvalue weighted by molar-refractivity contribution is 9.10. The molecule has 0 fully saturated rings. The maximum atomic E-state index is 13.3. The number of nitrogens with zero attached hydrogens (tertiary/aromatic N) is 4. The van der Waals surface area contributed by atoms with Crippen molar-refractivity contribution in [3.05, 3.63) is 75.9 Å². The molecule has 8 nitrogen and oxygen atoms in total. The number of aromatic nitrogens is 3. The van der Waals surface area contributed by atoms with Gasteiger partial charge in [-0.25, -0.2) is 14.3 Å². The number of aryl methyl sites for hydroxylation is 1. The van der Waals surface area contributed by atoms with Crippen molar-refractivity contribution >= 4 is 44.8 Å². The van der Waals surface area contributed by atoms with E-state index in [1.54, 1.807) is 4.52 Å². The lowest BCUT2D eigenvalue weighted by atomic mass is 9.97. The molecule has 0 amide bonds. The van der Waals surface area contributed by atoms with Gasteiger partial charge in [0.2, 0.25) is 0 Å². The zero-order valence-corrected chi connectivity index (χ0v) is 26.0. The average molecular weight is 640 g/mol. The second-order valence-corrected chi connectivity index (χ2v) is 12.1. The quantitative estimate of drug-likeness (QED) is 0.156. The normalized spacial score (nSPS) is 14.0. The summed E-state index contributed by atoms with van der Waals surface area (Å²) in [6.45, 7) is 13.2. The Hall–Kier alpha value is -3.40. The van der Waals surface area contributed by atoms with Crippen LogP contribution in [0.3, 0.4) is 0 Å². The highest BCUT2D eigenvalue weighted by Crippen LogP contribution is 2.46. The number of carbonyl (C=O) groups excluding carboxylic acids is 1. The van der Waals surface area contributed by atoms with E-state index in [1.165, 1.54) is 7.11 Å². The zero-order chi connectivity index (χ0) is 29.5. The molecule has 41 heavy (non-hydrogen) atoms. The van der Waals surface area contributed by atoms with E-state index in [4.69, 9.17) is 35.9 Å². The van der Waals surface area contributed by atoms with E-state index in [1.807, 2.05) is 76.2 Å². The van der Waals surface area contributed by atoms with Gasteiger partial charge >= 0.3 is 5.97 Å². The predicted octanol–water partition coefficient (Wildman–Crippen LogP) is 7.20. The number of anilines is 1. The summed E-state index contributed by atoms with van der Waals surface area (Å²) in [4.78, 5) is 20.3. The number of methoxy groups -OCH3 is 1. The Morgan fingerprint density at radius 3 is 2.73 bits per heavy atom. The summed E-state index contributed by atoms with van der Waals surface area (Å²) in [5.74, 6) is 0.136. The lowest BCUT2D eigenvalue weighted by molar-refractivity contribution is -0.164. The molecule has 1 aliphatic rings. The topological polar surface area (TPSA) is 78.2 Å². The second-order valence-electron chi connectivity index (χ2n) is 10.8. The zero-order valence-electron chi connectivity index (χ0n) is 23.7. The largest absolute Gasteiger partial charge is 0.490 e. The lowest BCUT2D eigenvalue weighted by Crippen LogP contribution is -2.33. The fraction of sp³-hybridized carbons (Fsp3) is 0.323. The van der Waals surface area contributed by atoms with E-state index in [-0.39, 0.29) is 0 Å². The number of halogens is 2. The maximum Gasteiger partial charge on any atom is 0.339 e. The van der Waals surface area contributed by atoms with Gasteiger partial charge in [0.15, 0.2) is 11.8 Å². The molecule has 0 saturated carbocycles. The minimum absolute atomic E-state index is 0.469. The van der Waals surface area contributed by atoms with Crippen LogP contribution in [0.15, 0.2) is 59.6 Å². The number of hydrogen-bond donors (Lipinski definition) is 0. The second kappa shape index (κ2) is 11.5. The molecule has 1 unspecified atom stereocenters. The van der Waals surface area contributed by atoms with Crippen LogP contribution in [0.2, 0.25) is 5.02 Å². The minimum Gasteiger partial charge on any atom is -0.490 e. The van der Waals surface area contributed by atoms with E-state index in [0.29, 0.717) is 64.3 Å². The third-order valence-electron chi connectivity index (χ3n) is 6.72. The first-order valence-electron chi connectivity index (χ1n) is 13.3. The number of rotatable bonds is 7. The van der Waals surface area contributed by atoms with Crippen LogP contribution in [0, 0.1) is 6.92 Å². The Morgan fingerprint density at radius 2 is 2.05 bits per heavy atom. The van der Waals surface area contributed by atoms with Gasteiger partial charge in [0.1, 0.15) is 12.4 Å². The molecule has 214 valence electrons. The van der Waals surface area contributed by atoms with E-state index in [0.717, 1.165) is 15.7 Å². The highest BCUT2D eigenvalue weighted by Gasteiger charge is 2.35. The summed E-state index contributed by atoms with van der Waals surface area (Å²) < 4.78 is 20.2. The number of fused-ring (bicyclic) bond motifs is 2. The molecule has 10 heteroatoms. The molecule has 0 bridgehead atoms. The Balaban J connectivity index is 1.85. The van der Waals surface area contributed by atoms with Crippen molar-refractivity contribution in [2.24, 2.45) is 0 Å². The highest BCUT2D eigenvalue weighted by atomic mass is 79.9. The molecule has 0 radical (unpaired) electrons. The van der Waals surface area contributed by atoms with E-state index in [9.17, 15) is 4.79 Å². The SMILES string of the molecule is C=CCN1CCOc2ccc(-c3c(C(OC(C)(C)C)C(=O)OC)c(C)nc4cc(-c5cccc(Br)c5)nn34)c(Cl)c21. The van der Waals surface area contributed by atoms with Gasteiger partial charge < -0.3 is 19.1 Å². The molecule has 3 heterocycles. The van der Waals surface area contributed by atoms with Gasteiger partial charge in [0.05, 0.1) is 41.4 Å². The Morgan fingerprint density at radius 1 is 1.27 bits per heavy atom. The van der Waals surface area contributed by atoms with Crippen LogP contribution in [-0.4, -0.2) is 53.0 Å². The Bertz CT molecular complexity index is 1650. The van der Waals surface area contributed by atoms with Crippen molar-refractivity contribution in [1.29, 1.82) is 0 Å². The van der Waals surface area contributed by atoms with Crippen LogP contribution >= 0.6 is 27.5 Å². The average Bonchev–Trinajstić information content (AvgIpc) is 3.35. The minimum atomic E-state index is -1.09. The van der Waals surface area contributed by atoms with Crippen molar-refractivity contribution in [2.75, 3.05) is 31.7 Å². The van der Waals surface area contributed by atoms with E-state index >= 15 is 0 Å². The summed E-state index contributed by atoms with van der Waals surface area (Å²) in [5.41, 5.74) is 4.69. The van der Waals surface area contributed by atoms with Gasteiger partial charge in [-0.2, -0.15) is 5.10 Å². The third-order valence-corrected chi connectivity index (χ3v) is 7.59. The lowest BCUT2D eigenvalue weighted by Gasteiger charge is -2.32. The van der Waals surface area contributed by atoms with Gasteiger partial charge in [0.25, 0.3) is 0 Å². The van der Waals surface area contributed by atoms with Gasteiger partial charge in [-0.3, -0.25) is 0 Å². The Kier molecular flexibility index (Phi) is 8.14. The van der Waals surface area contributed by atoms with Crippen LogP contribution in [-0.2, 0) is 14.3 Å². The van der Waals surface area contributed by atoms with Crippen molar-refractivity contribution in [1.82, 2.24) is 14.6 Å². The summed E-state index contributed by atoms with van der Waals surface area (Å²) in [7, 11) is 1.35. The third kappa shape index (κ3) is 5.71. The molecule has 5 rings (SSSR count). The fourth-order valence-corrected chi connectivity index (χ4v) is 5.80. The van der Waals surface area contributed by atoms with E-state index < -0.39 is 17.7 Å². The van der Waals surface area contributed by atoms with E-state index in [2.05, 4.69) is 27.4 Å². The molecule has 4 aromatic rings. The molecule has 0 N–H and O–H groups in total. The van der Waals surface area contributed by atoms with Crippen LogP contribution in [0.4, 0.5) is 5.69 Å². The van der Waals surface area contributed by atoms with Crippen molar-refractivity contribution < 1.29 is 19.0 Å². The molecule has 2 aromatic heterocycles. The first kappa shape index (κ1) is 29.1. The van der Waals surface area contributed by atoms with Crippen LogP contribution in [0.25, 0.3) is 28.2 Å². The van der Waals surface area contributed by atoms with Crippen LogP contribution in [0.1, 0.15) is 38.1 Å².